The minimum absolute atomic E-state index is 0.231. The molecule has 0 aliphatic heterocycles. The van der Waals surface area contributed by atoms with Crippen molar-refractivity contribution in [1.82, 2.24) is 14.8 Å². The number of carboxylic acids is 1. The van der Waals surface area contributed by atoms with Crippen molar-refractivity contribution in [2.75, 3.05) is 0 Å². The topological polar surface area (TPSA) is 68.0 Å². The van der Waals surface area contributed by atoms with Gasteiger partial charge in [-0.2, -0.15) is 5.10 Å². The third-order valence-corrected chi connectivity index (χ3v) is 6.91. The molecule has 2 aromatic heterocycles. The molecule has 6 aromatic rings. The number of aromatic nitrogens is 3. The molecule has 0 aliphatic rings. The van der Waals surface area contributed by atoms with Crippen LogP contribution in [0, 0.1) is 5.82 Å². The average molecular weight is 514 g/mol. The number of benzene rings is 4. The highest BCUT2D eigenvalue weighted by molar-refractivity contribution is 5.91. The molecule has 6 heteroatoms. The van der Waals surface area contributed by atoms with E-state index in [4.69, 9.17) is 10.1 Å². The van der Waals surface area contributed by atoms with Crippen molar-refractivity contribution in [3.05, 3.63) is 156 Å². The van der Waals surface area contributed by atoms with Gasteiger partial charge in [0, 0.05) is 5.56 Å². The summed E-state index contributed by atoms with van der Waals surface area (Å²) in [6.45, 7) is 0. The number of pyridine rings is 1. The zero-order valence-corrected chi connectivity index (χ0v) is 20.9. The Morgan fingerprint density at radius 2 is 1.31 bits per heavy atom. The maximum Gasteiger partial charge on any atom is 0.309 e. The standard InChI is InChI=1S/C33H24FN3O2/c34-27-18-10-11-23(21-27)31-32-29(20-19-28(35-32)22-30(38)39)37(36-31)33(24-12-4-1-5-13-24,25-14-6-2-7-15-25)26-16-8-3-9-17-26/h1-21H,22H2,(H,38,39). The SMILES string of the molecule is O=C(O)Cc1ccc2c(n1)c(-c1cccc(F)c1)nn2C(c1ccccc1)(c1ccccc1)c1ccccc1. The maximum atomic E-state index is 14.4. The van der Waals surface area contributed by atoms with E-state index >= 15 is 0 Å². The Kier molecular flexibility index (Phi) is 6.21. The smallest absolute Gasteiger partial charge is 0.309 e. The van der Waals surface area contributed by atoms with Crippen LogP contribution in [0.2, 0.25) is 0 Å². The summed E-state index contributed by atoms with van der Waals surface area (Å²) in [5.41, 5.74) is 4.66. The van der Waals surface area contributed by atoms with Gasteiger partial charge in [0.25, 0.3) is 0 Å². The van der Waals surface area contributed by atoms with Crippen LogP contribution >= 0.6 is 0 Å². The fourth-order valence-corrected chi connectivity index (χ4v) is 5.28. The second-order valence-corrected chi connectivity index (χ2v) is 9.32. The van der Waals surface area contributed by atoms with Gasteiger partial charge in [0.15, 0.2) is 0 Å². The molecule has 0 saturated heterocycles. The van der Waals surface area contributed by atoms with Crippen LogP contribution in [0.3, 0.4) is 0 Å². The van der Waals surface area contributed by atoms with Gasteiger partial charge < -0.3 is 5.11 Å². The molecule has 0 amide bonds. The number of rotatable bonds is 7. The quantitative estimate of drug-likeness (QED) is 0.241. The normalized spacial score (nSPS) is 11.5. The molecule has 1 N–H and O–H groups in total. The number of hydrogen-bond donors (Lipinski definition) is 1. The molecule has 0 atom stereocenters. The maximum absolute atomic E-state index is 14.4. The van der Waals surface area contributed by atoms with Gasteiger partial charge >= 0.3 is 5.97 Å². The number of nitrogens with zero attached hydrogens (tertiary/aromatic N) is 3. The Bertz CT molecular complexity index is 1670. The monoisotopic (exact) mass is 513 g/mol. The van der Waals surface area contributed by atoms with E-state index in [2.05, 4.69) is 36.4 Å². The summed E-state index contributed by atoms with van der Waals surface area (Å²) < 4.78 is 16.4. The zero-order valence-electron chi connectivity index (χ0n) is 20.9. The molecule has 4 aromatic carbocycles. The first-order valence-corrected chi connectivity index (χ1v) is 12.6. The highest BCUT2D eigenvalue weighted by Crippen LogP contribution is 2.43. The molecule has 0 aliphatic carbocycles. The van der Waals surface area contributed by atoms with Crippen LogP contribution in [-0.2, 0) is 16.8 Å². The summed E-state index contributed by atoms with van der Waals surface area (Å²) in [6, 6.07) is 40.2. The summed E-state index contributed by atoms with van der Waals surface area (Å²) in [5.74, 6) is -1.37. The molecule has 0 saturated carbocycles. The summed E-state index contributed by atoms with van der Waals surface area (Å²) >= 11 is 0. The molecule has 0 fully saturated rings. The Hall–Kier alpha value is -5.10. The van der Waals surface area contributed by atoms with Crippen molar-refractivity contribution in [2.24, 2.45) is 0 Å². The predicted molar refractivity (Wildman–Crippen MR) is 149 cm³/mol. The third kappa shape index (κ3) is 4.26. The van der Waals surface area contributed by atoms with Crippen LogP contribution < -0.4 is 0 Å². The predicted octanol–water partition coefficient (Wildman–Crippen LogP) is 6.70. The second kappa shape index (κ2) is 9.99. The Balaban J connectivity index is 1.77. The van der Waals surface area contributed by atoms with E-state index in [1.165, 1.54) is 12.1 Å². The lowest BCUT2D eigenvalue weighted by atomic mass is 9.77. The number of hydrogen-bond acceptors (Lipinski definition) is 3. The molecule has 190 valence electrons. The molecule has 5 nitrogen and oxygen atoms in total. The summed E-state index contributed by atoms with van der Waals surface area (Å²) in [5, 5.41) is 14.6. The van der Waals surface area contributed by atoms with Crippen molar-refractivity contribution < 1.29 is 14.3 Å². The average Bonchev–Trinajstić information content (AvgIpc) is 3.34. The summed E-state index contributed by atoms with van der Waals surface area (Å²) in [6.07, 6.45) is -0.231. The minimum atomic E-state index is -0.978. The van der Waals surface area contributed by atoms with Crippen molar-refractivity contribution in [2.45, 2.75) is 12.0 Å². The van der Waals surface area contributed by atoms with Gasteiger partial charge in [0.1, 0.15) is 22.6 Å². The fourth-order valence-electron chi connectivity index (χ4n) is 5.28. The Labute approximate surface area is 224 Å². The molecular weight excluding hydrogens is 489 g/mol. The third-order valence-electron chi connectivity index (χ3n) is 6.91. The van der Waals surface area contributed by atoms with Crippen LogP contribution in [0.15, 0.2) is 127 Å². The fraction of sp³-hybridized carbons (Fsp3) is 0.0606. The zero-order chi connectivity index (χ0) is 26.8. The van der Waals surface area contributed by atoms with E-state index in [1.54, 1.807) is 18.2 Å². The lowest BCUT2D eigenvalue weighted by Crippen LogP contribution is -2.38. The molecule has 0 radical (unpaired) electrons. The van der Waals surface area contributed by atoms with E-state index in [0.717, 1.165) is 16.7 Å². The van der Waals surface area contributed by atoms with Gasteiger partial charge in [0.05, 0.1) is 17.6 Å². The second-order valence-electron chi connectivity index (χ2n) is 9.32. The lowest BCUT2D eigenvalue weighted by Gasteiger charge is -2.37. The van der Waals surface area contributed by atoms with Crippen molar-refractivity contribution in [1.29, 1.82) is 0 Å². The minimum Gasteiger partial charge on any atom is -0.481 e. The summed E-state index contributed by atoms with van der Waals surface area (Å²) in [7, 11) is 0. The first-order chi connectivity index (χ1) is 19.1. The van der Waals surface area contributed by atoms with Gasteiger partial charge in [-0.3, -0.25) is 4.79 Å². The number of carboxylic acid groups (broad SMARTS) is 1. The van der Waals surface area contributed by atoms with E-state index in [9.17, 15) is 14.3 Å². The van der Waals surface area contributed by atoms with E-state index in [0.29, 0.717) is 28.0 Å². The van der Waals surface area contributed by atoms with Gasteiger partial charge in [-0.25, -0.2) is 14.1 Å². The van der Waals surface area contributed by atoms with E-state index in [-0.39, 0.29) is 6.42 Å². The number of carbonyl (C=O) groups is 1. The molecule has 0 bridgehead atoms. The van der Waals surface area contributed by atoms with Crippen molar-refractivity contribution in [3.63, 3.8) is 0 Å². The van der Waals surface area contributed by atoms with Gasteiger partial charge in [-0.05, 0) is 41.0 Å². The molecule has 39 heavy (non-hydrogen) atoms. The van der Waals surface area contributed by atoms with Gasteiger partial charge in [-0.15, -0.1) is 0 Å². The van der Waals surface area contributed by atoms with Crippen molar-refractivity contribution in [3.8, 4) is 11.3 Å². The molecule has 6 rings (SSSR count). The largest absolute Gasteiger partial charge is 0.481 e. The van der Waals surface area contributed by atoms with Gasteiger partial charge in [-0.1, -0.05) is 103 Å². The highest BCUT2D eigenvalue weighted by atomic mass is 19.1. The van der Waals surface area contributed by atoms with Crippen LogP contribution in [0.25, 0.3) is 22.3 Å². The Morgan fingerprint density at radius 3 is 1.82 bits per heavy atom. The van der Waals surface area contributed by atoms with Crippen LogP contribution in [0.5, 0.6) is 0 Å². The highest BCUT2D eigenvalue weighted by Gasteiger charge is 2.41. The Morgan fingerprint density at radius 1 is 0.744 bits per heavy atom. The molecular formula is C33H24FN3O2. The van der Waals surface area contributed by atoms with Gasteiger partial charge in [0.2, 0.25) is 0 Å². The molecule has 0 unspecified atom stereocenters. The van der Waals surface area contributed by atoms with Crippen LogP contribution in [0.4, 0.5) is 4.39 Å². The summed E-state index contributed by atoms with van der Waals surface area (Å²) in [4.78, 5) is 16.3. The van der Waals surface area contributed by atoms with E-state index in [1.807, 2.05) is 65.3 Å². The van der Waals surface area contributed by atoms with Crippen LogP contribution in [-0.4, -0.2) is 25.8 Å². The van der Waals surface area contributed by atoms with E-state index < -0.39 is 17.3 Å². The number of aliphatic carboxylic acids is 1. The first kappa shape index (κ1) is 24.2. The lowest BCUT2D eigenvalue weighted by molar-refractivity contribution is -0.136. The number of halogens is 1. The van der Waals surface area contributed by atoms with Crippen molar-refractivity contribution >= 4 is 17.0 Å². The first-order valence-electron chi connectivity index (χ1n) is 12.6. The number of fused-ring (bicyclic) bond motifs is 1. The molecule has 0 spiro atoms. The van der Waals surface area contributed by atoms with Crippen LogP contribution in [0.1, 0.15) is 22.4 Å². The molecule has 2 heterocycles.